The first-order chi connectivity index (χ1) is 17.5. The van der Waals surface area contributed by atoms with Gasteiger partial charge in [0.2, 0.25) is 12.0 Å². The molecule has 3 aromatic rings. The lowest BCUT2D eigenvalue weighted by molar-refractivity contribution is -0.158. The fraction of sp³-hybridized carbons (Fsp3) is 0.276. The topological polar surface area (TPSA) is 84.9 Å². The fourth-order valence-corrected chi connectivity index (χ4v) is 4.33. The van der Waals surface area contributed by atoms with Crippen molar-refractivity contribution in [2.45, 2.75) is 32.8 Å². The minimum Gasteiger partial charge on any atom is -0.492 e. The zero-order chi connectivity index (χ0) is 25.5. The molecule has 2 atom stereocenters. The summed E-state index contributed by atoms with van der Waals surface area (Å²) in [5, 5.41) is 2.83. The van der Waals surface area contributed by atoms with Crippen LogP contribution in [0.15, 0.2) is 78.9 Å². The smallest absolute Gasteiger partial charge is 0.312 e. The average Bonchev–Trinajstić information content (AvgIpc) is 3.30. The van der Waals surface area contributed by atoms with E-state index in [4.69, 9.17) is 9.47 Å². The molecule has 186 valence electrons. The Balaban J connectivity index is 1.53. The van der Waals surface area contributed by atoms with E-state index in [9.17, 15) is 14.4 Å². The lowest BCUT2D eigenvalue weighted by Crippen LogP contribution is -2.30. The Hall–Kier alpha value is -4.13. The Bertz CT molecular complexity index is 1230. The SMILES string of the molecule is CCOc1ccccc1NC(=O)C(OC(=O)C1CC(=O)N(c2ccccc2CC)C1)c1ccccc1. The second kappa shape index (κ2) is 11.5. The minimum absolute atomic E-state index is 0.0349. The molecule has 0 spiro atoms. The van der Waals surface area contributed by atoms with E-state index in [0.29, 0.717) is 23.6 Å². The number of hydrogen-bond acceptors (Lipinski definition) is 5. The number of nitrogens with one attached hydrogen (secondary N) is 1. The Morgan fingerprint density at radius 1 is 0.972 bits per heavy atom. The van der Waals surface area contributed by atoms with Gasteiger partial charge in [-0.25, -0.2) is 0 Å². The molecule has 1 saturated heterocycles. The van der Waals surface area contributed by atoms with Gasteiger partial charge in [-0.3, -0.25) is 14.4 Å². The first kappa shape index (κ1) is 25.0. The molecule has 0 aliphatic carbocycles. The molecule has 0 aromatic heterocycles. The molecule has 3 aromatic carbocycles. The van der Waals surface area contributed by atoms with Gasteiger partial charge in [0.25, 0.3) is 5.91 Å². The second-order valence-corrected chi connectivity index (χ2v) is 8.53. The van der Waals surface area contributed by atoms with Gasteiger partial charge in [-0.1, -0.05) is 67.6 Å². The average molecular weight is 487 g/mol. The molecule has 1 aliphatic rings. The van der Waals surface area contributed by atoms with Gasteiger partial charge in [-0.05, 0) is 37.1 Å². The molecule has 7 nitrogen and oxygen atoms in total. The van der Waals surface area contributed by atoms with Crippen LogP contribution < -0.4 is 15.0 Å². The number of carbonyl (C=O) groups excluding carboxylic acids is 3. The monoisotopic (exact) mass is 486 g/mol. The number of amides is 2. The van der Waals surface area contributed by atoms with E-state index >= 15 is 0 Å². The number of aryl methyl sites for hydroxylation is 1. The molecule has 0 saturated carbocycles. The Morgan fingerprint density at radius 3 is 2.42 bits per heavy atom. The van der Waals surface area contributed by atoms with Crippen LogP contribution in [-0.2, 0) is 25.5 Å². The van der Waals surface area contributed by atoms with Crippen LogP contribution in [0.2, 0.25) is 0 Å². The van der Waals surface area contributed by atoms with Crippen LogP contribution >= 0.6 is 0 Å². The quantitative estimate of drug-likeness (QED) is 0.434. The number of esters is 1. The zero-order valence-electron chi connectivity index (χ0n) is 20.5. The summed E-state index contributed by atoms with van der Waals surface area (Å²) in [6.07, 6.45) is -0.373. The normalized spacial score (nSPS) is 15.9. The van der Waals surface area contributed by atoms with Crippen LogP contribution in [0.3, 0.4) is 0 Å². The maximum atomic E-state index is 13.3. The van der Waals surface area contributed by atoms with Gasteiger partial charge in [0, 0.05) is 24.2 Å². The van der Waals surface area contributed by atoms with Crippen molar-refractivity contribution in [1.29, 1.82) is 0 Å². The van der Waals surface area contributed by atoms with E-state index in [2.05, 4.69) is 5.32 Å². The van der Waals surface area contributed by atoms with Crippen molar-refractivity contribution < 1.29 is 23.9 Å². The largest absolute Gasteiger partial charge is 0.492 e. The van der Waals surface area contributed by atoms with E-state index in [-0.39, 0.29) is 18.9 Å². The number of ether oxygens (including phenoxy) is 2. The van der Waals surface area contributed by atoms with Crippen molar-refractivity contribution in [3.05, 3.63) is 90.0 Å². The minimum atomic E-state index is -1.18. The van der Waals surface area contributed by atoms with Gasteiger partial charge in [-0.2, -0.15) is 0 Å². The van der Waals surface area contributed by atoms with Crippen molar-refractivity contribution in [1.82, 2.24) is 0 Å². The number of nitrogens with zero attached hydrogens (tertiary/aromatic N) is 1. The molecule has 0 bridgehead atoms. The van der Waals surface area contributed by atoms with Crippen molar-refractivity contribution in [2.75, 3.05) is 23.4 Å². The molecule has 2 unspecified atom stereocenters. The highest BCUT2D eigenvalue weighted by molar-refractivity contribution is 6.01. The summed E-state index contributed by atoms with van der Waals surface area (Å²) in [5.41, 5.74) is 2.87. The van der Waals surface area contributed by atoms with Crippen molar-refractivity contribution in [3.63, 3.8) is 0 Å². The summed E-state index contributed by atoms with van der Waals surface area (Å²) < 4.78 is 11.4. The van der Waals surface area contributed by atoms with Crippen LogP contribution in [0.5, 0.6) is 5.75 Å². The lowest BCUT2D eigenvalue weighted by Gasteiger charge is -2.22. The predicted octanol–water partition coefficient (Wildman–Crippen LogP) is 4.92. The maximum Gasteiger partial charge on any atom is 0.312 e. The van der Waals surface area contributed by atoms with Crippen molar-refractivity contribution in [3.8, 4) is 5.75 Å². The van der Waals surface area contributed by atoms with Crippen LogP contribution in [0.1, 0.15) is 37.5 Å². The number of para-hydroxylation sites is 3. The van der Waals surface area contributed by atoms with E-state index < -0.39 is 23.9 Å². The van der Waals surface area contributed by atoms with Crippen molar-refractivity contribution >= 4 is 29.2 Å². The number of anilines is 2. The first-order valence-corrected chi connectivity index (χ1v) is 12.2. The maximum absolute atomic E-state index is 13.3. The van der Waals surface area contributed by atoms with Gasteiger partial charge >= 0.3 is 5.97 Å². The lowest BCUT2D eigenvalue weighted by atomic mass is 10.1. The Kier molecular flexibility index (Phi) is 8.00. The molecule has 2 amide bonds. The van der Waals surface area contributed by atoms with Crippen LogP contribution in [0, 0.1) is 5.92 Å². The zero-order valence-corrected chi connectivity index (χ0v) is 20.5. The van der Waals surface area contributed by atoms with Crippen LogP contribution in [0.4, 0.5) is 11.4 Å². The summed E-state index contributed by atoms with van der Waals surface area (Å²) in [6.45, 7) is 4.54. The number of benzene rings is 3. The Morgan fingerprint density at radius 2 is 1.67 bits per heavy atom. The summed E-state index contributed by atoms with van der Waals surface area (Å²) in [5.74, 6) is -1.36. The summed E-state index contributed by atoms with van der Waals surface area (Å²) in [6, 6.07) is 23.6. The first-order valence-electron chi connectivity index (χ1n) is 12.2. The molecule has 36 heavy (non-hydrogen) atoms. The third-order valence-corrected chi connectivity index (χ3v) is 6.14. The van der Waals surface area contributed by atoms with Crippen LogP contribution in [-0.4, -0.2) is 30.9 Å². The molecule has 1 aliphatic heterocycles. The van der Waals surface area contributed by atoms with Crippen molar-refractivity contribution in [2.24, 2.45) is 5.92 Å². The molecule has 1 heterocycles. The molecule has 1 N–H and O–H groups in total. The summed E-state index contributed by atoms with van der Waals surface area (Å²) in [4.78, 5) is 41.0. The predicted molar refractivity (Wildman–Crippen MR) is 138 cm³/mol. The number of hydrogen-bond donors (Lipinski definition) is 1. The highest BCUT2D eigenvalue weighted by atomic mass is 16.5. The summed E-state index contributed by atoms with van der Waals surface area (Å²) in [7, 11) is 0. The van der Waals surface area contributed by atoms with E-state index in [1.165, 1.54) is 0 Å². The third-order valence-electron chi connectivity index (χ3n) is 6.14. The fourth-order valence-electron chi connectivity index (χ4n) is 4.33. The molecular weight excluding hydrogens is 456 g/mol. The number of rotatable bonds is 9. The van der Waals surface area contributed by atoms with E-state index in [1.807, 2.05) is 50.2 Å². The third kappa shape index (κ3) is 5.57. The Labute approximate surface area is 211 Å². The van der Waals surface area contributed by atoms with Gasteiger partial charge in [-0.15, -0.1) is 0 Å². The molecular formula is C29H30N2O5. The van der Waals surface area contributed by atoms with Gasteiger partial charge in [0.05, 0.1) is 18.2 Å². The van der Waals surface area contributed by atoms with Gasteiger partial charge < -0.3 is 19.7 Å². The standard InChI is InChI=1S/C29H30N2O5/c1-3-20-12-8-10-16-24(20)31-19-22(18-26(31)32)29(34)36-27(21-13-6-5-7-14-21)28(33)30-23-15-9-11-17-25(23)35-4-2/h5-17,22,27H,3-4,18-19H2,1-2H3,(H,30,33). The highest BCUT2D eigenvalue weighted by Gasteiger charge is 2.39. The highest BCUT2D eigenvalue weighted by Crippen LogP contribution is 2.31. The molecule has 1 fully saturated rings. The van der Waals surface area contributed by atoms with Gasteiger partial charge in [0.15, 0.2) is 0 Å². The molecule has 7 heteroatoms. The number of carbonyl (C=O) groups is 3. The van der Waals surface area contributed by atoms with Crippen LogP contribution in [0.25, 0.3) is 0 Å². The molecule has 4 rings (SSSR count). The second-order valence-electron chi connectivity index (χ2n) is 8.53. The van der Waals surface area contributed by atoms with E-state index in [1.54, 1.807) is 47.4 Å². The van der Waals surface area contributed by atoms with E-state index in [0.717, 1.165) is 17.7 Å². The summed E-state index contributed by atoms with van der Waals surface area (Å²) >= 11 is 0. The molecule has 0 radical (unpaired) electrons. The van der Waals surface area contributed by atoms with Gasteiger partial charge in [0.1, 0.15) is 5.75 Å².